The van der Waals surface area contributed by atoms with Gasteiger partial charge in [0, 0.05) is 33.3 Å². The standard InChI is InChI=1S/C26H22Cl2N4OS/c1-15-13-20(16(2)31(15)19-9-6-17(27)7-10-19)25-24(21-5-3-4-12-29-21)30-26(34)32(25)22-14-18(28)8-11-23(22)33/h3-14,24-25,33H,1-2H3,(H,30,34)/t24-,25+/m0/s1. The lowest BCUT2D eigenvalue weighted by Crippen LogP contribution is -2.29. The van der Waals surface area contributed by atoms with E-state index in [0.29, 0.717) is 20.8 Å². The molecule has 2 aromatic heterocycles. The van der Waals surface area contributed by atoms with Crippen molar-refractivity contribution in [3.8, 4) is 11.4 Å². The zero-order chi connectivity index (χ0) is 24.0. The summed E-state index contributed by atoms with van der Waals surface area (Å²) in [4.78, 5) is 6.54. The van der Waals surface area contributed by atoms with Crippen molar-refractivity contribution in [1.82, 2.24) is 14.9 Å². The van der Waals surface area contributed by atoms with E-state index in [1.165, 1.54) is 0 Å². The molecule has 1 aliphatic rings. The van der Waals surface area contributed by atoms with Gasteiger partial charge in [-0.25, -0.2) is 0 Å². The Bertz CT molecular complexity index is 1370. The van der Waals surface area contributed by atoms with Crippen LogP contribution in [0.5, 0.6) is 5.75 Å². The molecular weight excluding hydrogens is 487 g/mol. The van der Waals surface area contributed by atoms with Crippen LogP contribution in [0.15, 0.2) is 72.9 Å². The number of aryl methyl sites for hydroxylation is 1. The summed E-state index contributed by atoms with van der Waals surface area (Å²) in [5.41, 5.74) is 5.62. The fourth-order valence-corrected chi connectivity index (χ4v) is 5.33. The van der Waals surface area contributed by atoms with Gasteiger partial charge in [-0.3, -0.25) is 4.98 Å². The van der Waals surface area contributed by atoms with E-state index < -0.39 is 0 Å². The number of thiocarbonyl (C=S) groups is 1. The molecule has 0 radical (unpaired) electrons. The summed E-state index contributed by atoms with van der Waals surface area (Å²) in [7, 11) is 0. The summed E-state index contributed by atoms with van der Waals surface area (Å²) in [6, 6.07) is 20.2. The number of nitrogens with zero attached hydrogens (tertiary/aromatic N) is 3. The Kier molecular flexibility index (Phi) is 5.98. The molecule has 0 amide bonds. The molecule has 5 nitrogen and oxygen atoms in total. The highest BCUT2D eigenvalue weighted by Gasteiger charge is 2.43. The zero-order valence-electron chi connectivity index (χ0n) is 18.5. The third kappa shape index (κ3) is 3.92. The summed E-state index contributed by atoms with van der Waals surface area (Å²) in [5.74, 6) is 0.103. The molecule has 5 rings (SSSR count). The van der Waals surface area contributed by atoms with E-state index in [4.69, 9.17) is 35.4 Å². The monoisotopic (exact) mass is 508 g/mol. The largest absolute Gasteiger partial charge is 0.506 e. The lowest BCUT2D eigenvalue weighted by Gasteiger charge is -2.28. The molecule has 0 spiro atoms. The molecule has 0 aliphatic carbocycles. The molecule has 1 aliphatic heterocycles. The molecule has 3 heterocycles. The number of hydrogen-bond acceptors (Lipinski definition) is 3. The van der Waals surface area contributed by atoms with Crippen LogP contribution in [0.2, 0.25) is 10.0 Å². The van der Waals surface area contributed by atoms with Crippen molar-refractivity contribution < 1.29 is 5.11 Å². The van der Waals surface area contributed by atoms with E-state index in [1.54, 1.807) is 24.4 Å². The lowest BCUT2D eigenvalue weighted by atomic mass is 9.96. The number of aromatic hydroxyl groups is 1. The average molecular weight is 509 g/mol. The van der Waals surface area contributed by atoms with Crippen LogP contribution in [0.4, 0.5) is 5.69 Å². The van der Waals surface area contributed by atoms with Gasteiger partial charge in [-0.05, 0) is 92.3 Å². The Hall–Kier alpha value is -3.06. The van der Waals surface area contributed by atoms with Gasteiger partial charge in [-0.2, -0.15) is 0 Å². The fraction of sp³-hybridized carbons (Fsp3) is 0.154. The van der Waals surface area contributed by atoms with Crippen LogP contribution in [0, 0.1) is 13.8 Å². The van der Waals surface area contributed by atoms with Crippen molar-refractivity contribution in [2.75, 3.05) is 4.90 Å². The van der Waals surface area contributed by atoms with Gasteiger partial charge in [-0.15, -0.1) is 0 Å². The van der Waals surface area contributed by atoms with Gasteiger partial charge in [-0.1, -0.05) is 29.3 Å². The topological polar surface area (TPSA) is 53.3 Å². The van der Waals surface area contributed by atoms with Crippen molar-refractivity contribution in [2.45, 2.75) is 25.9 Å². The summed E-state index contributed by atoms with van der Waals surface area (Å²) in [6.07, 6.45) is 1.77. The van der Waals surface area contributed by atoms with Crippen LogP contribution in [0.1, 0.15) is 34.7 Å². The molecule has 34 heavy (non-hydrogen) atoms. The van der Waals surface area contributed by atoms with E-state index in [-0.39, 0.29) is 17.8 Å². The molecule has 0 saturated carbocycles. The van der Waals surface area contributed by atoms with Crippen molar-refractivity contribution in [1.29, 1.82) is 0 Å². The minimum atomic E-state index is -0.265. The smallest absolute Gasteiger partial charge is 0.174 e. The van der Waals surface area contributed by atoms with Crippen molar-refractivity contribution in [3.05, 3.63) is 106 Å². The Balaban J connectivity index is 1.70. The van der Waals surface area contributed by atoms with Gasteiger partial charge < -0.3 is 19.9 Å². The van der Waals surface area contributed by atoms with Gasteiger partial charge in [0.05, 0.1) is 23.5 Å². The maximum absolute atomic E-state index is 10.7. The highest BCUT2D eigenvalue weighted by Crippen LogP contribution is 2.46. The number of benzene rings is 2. The molecule has 2 atom stereocenters. The van der Waals surface area contributed by atoms with E-state index in [2.05, 4.69) is 34.8 Å². The zero-order valence-corrected chi connectivity index (χ0v) is 20.9. The quantitative estimate of drug-likeness (QED) is 0.301. The van der Waals surface area contributed by atoms with Gasteiger partial charge in [0.1, 0.15) is 5.75 Å². The van der Waals surface area contributed by atoms with E-state index >= 15 is 0 Å². The highest BCUT2D eigenvalue weighted by molar-refractivity contribution is 7.80. The molecule has 1 fully saturated rings. The van der Waals surface area contributed by atoms with Crippen molar-refractivity contribution in [2.24, 2.45) is 0 Å². The van der Waals surface area contributed by atoms with Crippen LogP contribution in [-0.2, 0) is 0 Å². The SMILES string of the molecule is Cc1cc([C@@H]2[C@H](c3ccccn3)NC(=S)N2c2cc(Cl)ccc2O)c(C)n1-c1ccc(Cl)cc1. The van der Waals surface area contributed by atoms with Crippen LogP contribution in [0.3, 0.4) is 0 Å². The Morgan fingerprint density at radius 1 is 0.971 bits per heavy atom. The second kappa shape index (κ2) is 8.95. The van der Waals surface area contributed by atoms with Crippen LogP contribution in [0.25, 0.3) is 5.69 Å². The predicted octanol–water partition coefficient (Wildman–Crippen LogP) is 6.68. The first-order valence-electron chi connectivity index (χ1n) is 10.8. The Morgan fingerprint density at radius 2 is 1.71 bits per heavy atom. The first kappa shape index (κ1) is 22.7. The highest BCUT2D eigenvalue weighted by atomic mass is 35.5. The number of phenols is 1. The predicted molar refractivity (Wildman–Crippen MR) is 141 cm³/mol. The minimum absolute atomic E-state index is 0.103. The van der Waals surface area contributed by atoms with E-state index in [9.17, 15) is 5.11 Å². The summed E-state index contributed by atoms with van der Waals surface area (Å²) >= 11 is 18.2. The van der Waals surface area contributed by atoms with Crippen molar-refractivity contribution >= 4 is 46.2 Å². The molecular formula is C26H22Cl2N4OS. The summed E-state index contributed by atoms with van der Waals surface area (Å²) in [6.45, 7) is 4.16. The van der Waals surface area contributed by atoms with Gasteiger partial charge in [0.15, 0.2) is 5.11 Å². The number of aromatic nitrogens is 2. The van der Waals surface area contributed by atoms with Crippen molar-refractivity contribution in [3.63, 3.8) is 0 Å². The number of anilines is 1. The summed E-state index contributed by atoms with van der Waals surface area (Å²) < 4.78 is 2.19. The molecule has 2 N–H and O–H groups in total. The normalized spacial score (nSPS) is 17.8. The number of rotatable bonds is 4. The Morgan fingerprint density at radius 3 is 2.41 bits per heavy atom. The molecule has 8 heteroatoms. The third-order valence-electron chi connectivity index (χ3n) is 6.17. The summed E-state index contributed by atoms with van der Waals surface area (Å²) in [5, 5.41) is 15.9. The van der Waals surface area contributed by atoms with Crippen LogP contribution < -0.4 is 10.2 Å². The second-order valence-corrected chi connectivity index (χ2v) is 9.53. The molecule has 1 saturated heterocycles. The Labute approximate surface area is 213 Å². The number of nitrogens with one attached hydrogen (secondary N) is 1. The van der Waals surface area contributed by atoms with Gasteiger partial charge in [0.2, 0.25) is 0 Å². The molecule has 0 unspecified atom stereocenters. The number of halogens is 2. The maximum Gasteiger partial charge on any atom is 0.174 e. The first-order chi connectivity index (χ1) is 16.3. The third-order valence-corrected chi connectivity index (χ3v) is 6.97. The second-order valence-electron chi connectivity index (χ2n) is 8.27. The molecule has 4 aromatic rings. The van der Waals surface area contributed by atoms with Gasteiger partial charge in [0.25, 0.3) is 0 Å². The number of pyridine rings is 1. The maximum atomic E-state index is 10.7. The fourth-order valence-electron chi connectivity index (χ4n) is 4.69. The number of hydrogen-bond donors (Lipinski definition) is 2. The molecule has 2 aromatic carbocycles. The minimum Gasteiger partial charge on any atom is -0.506 e. The molecule has 172 valence electrons. The lowest BCUT2D eigenvalue weighted by molar-refractivity contribution is 0.472. The van der Waals surface area contributed by atoms with Gasteiger partial charge >= 0.3 is 0 Å². The first-order valence-corrected chi connectivity index (χ1v) is 12.0. The van der Waals surface area contributed by atoms with E-state index in [1.807, 2.05) is 47.4 Å². The molecule has 0 bridgehead atoms. The number of phenolic OH excluding ortho intramolecular Hbond substituents is 1. The average Bonchev–Trinajstić information content (AvgIpc) is 3.32. The van der Waals surface area contributed by atoms with E-state index in [0.717, 1.165) is 28.3 Å². The van der Waals surface area contributed by atoms with Crippen LogP contribution in [-0.4, -0.2) is 19.8 Å². The van der Waals surface area contributed by atoms with Crippen LogP contribution >= 0.6 is 35.4 Å².